The second-order valence-corrected chi connectivity index (χ2v) is 7.39. The summed E-state index contributed by atoms with van der Waals surface area (Å²) in [6.45, 7) is 8.32. The first-order chi connectivity index (χ1) is 13.1. The van der Waals surface area contributed by atoms with Crippen LogP contribution in [-0.4, -0.2) is 13.1 Å². The van der Waals surface area contributed by atoms with E-state index >= 15 is 0 Å². The van der Waals surface area contributed by atoms with Gasteiger partial charge in [0.15, 0.2) is 0 Å². The summed E-state index contributed by atoms with van der Waals surface area (Å²) in [7, 11) is 0. The van der Waals surface area contributed by atoms with Crippen LogP contribution < -0.4 is 9.64 Å². The molecule has 0 saturated heterocycles. The van der Waals surface area contributed by atoms with E-state index in [1.165, 1.54) is 16.8 Å². The lowest BCUT2D eigenvalue weighted by molar-refractivity contribution is 0.452. The minimum atomic E-state index is 0.119. The second-order valence-electron chi connectivity index (χ2n) is 6.98. The normalized spacial score (nSPS) is 14.9. The van der Waals surface area contributed by atoms with Gasteiger partial charge in [-0.3, -0.25) is 0 Å². The molecular formula is C24H24ClNO. The van der Waals surface area contributed by atoms with Crippen molar-refractivity contribution in [1.82, 2.24) is 0 Å². The van der Waals surface area contributed by atoms with Gasteiger partial charge in [0.05, 0.1) is 0 Å². The average molecular weight is 378 g/mol. The summed E-state index contributed by atoms with van der Waals surface area (Å²) in [5.41, 5.74) is 5.79. The summed E-state index contributed by atoms with van der Waals surface area (Å²) < 4.78 is 6.36. The first-order valence-electron chi connectivity index (χ1n) is 9.54. The summed E-state index contributed by atoms with van der Waals surface area (Å²) >= 11 is 6.47. The van der Waals surface area contributed by atoms with Gasteiger partial charge in [-0.05, 0) is 50.1 Å². The van der Waals surface area contributed by atoms with E-state index < -0.39 is 0 Å². The lowest BCUT2D eigenvalue weighted by Crippen LogP contribution is -2.22. The Morgan fingerprint density at radius 2 is 1.59 bits per heavy atom. The third-order valence-electron chi connectivity index (χ3n) is 5.39. The van der Waals surface area contributed by atoms with Crippen molar-refractivity contribution >= 4 is 17.3 Å². The Morgan fingerprint density at radius 3 is 2.30 bits per heavy atom. The van der Waals surface area contributed by atoms with Gasteiger partial charge in [-0.25, -0.2) is 0 Å². The molecule has 0 aliphatic carbocycles. The molecule has 1 aliphatic rings. The van der Waals surface area contributed by atoms with E-state index in [1.54, 1.807) is 0 Å². The number of benzene rings is 3. The summed E-state index contributed by atoms with van der Waals surface area (Å²) in [4.78, 5) is 2.34. The van der Waals surface area contributed by atoms with Crippen molar-refractivity contribution in [3.63, 3.8) is 0 Å². The summed E-state index contributed by atoms with van der Waals surface area (Å²) in [6.07, 6.45) is 0. The van der Waals surface area contributed by atoms with Crippen LogP contribution in [0.5, 0.6) is 11.5 Å². The minimum absolute atomic E-state index is 0.119. The zero-order valence-electron chi connectivity index (χ0n) is 16.0. The maximum absolute atomic E-state index is 6.47. The monoisotopic (exact) mass is 377 g/mol. The van der Waals surface area contributed by atoms with E-state index in [1.807, 2.05) is 6.92 Å². The Hall–Kier alpha value is -2.45. The number of halogens is 1. The molecule has 2 nitrogen and oxygen atoms in total. The Bertz CT molecular complexity index is 964. The largest absolute Gasteiger partial charge is 0.457 e. The smallest absolute Gasteiger partial charge is 0.133 e. The lowest BCUT2D eigenvalue weighted by atomic mass is 9.82. The van der Waals surface area contributed by atoms with Crippen LogP contribution >= 0.6 is 11.6 Å². The third-order valence-corrected chi connectivity index (χ3v) is 5.80. The van der Waals surface area contributed by atoms with Crippen LogP contribution in [0.25, 0.3) is 0 Å². The molecule has 3 aromatic carbocycles. The number of anilines is 1. The quantitative estimate of drug-likeness (QED) is 0.388. The van der Waals surface area contributed by atoms with Gasteiger partial charge in [-0.1, -0.05) is 48.0 Å². The molecule has 0 saturated carbocycles. The SMILES string of the molecule is CCN(CC)c1ccc2c(c1)Oc1cc(C)c(Cl)cc1C2c1ccccc1. The van der Waals surface area contributed by atoms with Crippen LogP contribution in [0.1, 0.15) is 42.0 Å². The van der Waals surface area contributed by atoms with Gasteiger partial charge in [0.1, 0.15) is 11.5 Å². The number of hydrogen-bond acceptors (Lipinski definition) is 2. The van der Waals surface area contributed by atoms with Crippen molar-refractivity contribution in [3.8, 4) is 11.5 Å². The number of rotatable bonds is 4. The molecule has 3 heteroatoms. The van der Waals surface area contributed by atoms with E-state index in [2.05, 4.69) is 79.4 Å². The maximum atomic E-state index is 6.47. The highest BCUT2D eigenvalue weighted by Crippen LogP contribution is 2.49. The molecule has 0 amide bonds. The van der Waals surface area contributed by atoms with Gasteiger partial charge in [-0.2, -0.15) is 0 Å². The number of nitrogens with zero attached hydrogens (tertiary/aromatic N) is 1. The molecule has 0 spiro atoms. The fraction of sp³-hybridized carbons (Fsp3) is 0.250. The van der Waals surface area contributed by atoms with Gasteiger partial charge < -0.3 is 9.64 Å². The summed E-state index contributed by atoms with van der Waals surface area (Å²) in [5.74, 6) is 1.95. The van der Waals surface area contributed by atoms with Gasteiger partial charge >= 0.3 is 0 Å². The highest BCUT2D eigenvalue weighted by Gasteiger charge is 2.30. The third kappa shape index (κ3) is 3.19. The molecule has 4 rings (SSSR count). The van der Waals surface area contributed by atoms with Gasteiger partial charge in [0.2, 0.25) is 0 Å². The molecule has 0 bridgehead atoms. The van der Waals surface area contributed by atoms with Crippen LogP contribution in [0.15, 0.2) is 60.7 Å². The Kier molecular flexibility index (Phi) is 4.84. The molecule has 3 aromatic rings. The molecular weight excluding hydrogens is 354 g/mol. The Morgan fingerprint density at radius 1 is 0.889 bits per heavy atom. The van der Waals surface area contributed by atoms with Crippen LogP contribution in [0.2, 0.25) is 5.02 Å². The van der Waals surface area contributed by atoms with Crippen molar-refractivity contribution in [2.75, 3.05) is 18.0 Å². The minimum Gasteiger partial charge on any atom is -0.457 e. The van der Waals surface area contributed by atoms with Crippen molar-refractivity contribution in [2.45, 2.75) is 26.7 Å². The van der Waals surface area contributed by atoms with Crippen LogP contribution in [0.3, 0.4) is 0 Å². The zero-order chi connectivity index (χ0) is 19.0. The molecule has 1 heterocycles. The molecule has 138 valence electrons. The highest BCUT2D eigenvalue weighted by atomic mass is 35.5. The van der Waals surface area contributed by atoms with Crippen LogP contribution in [0.4, 0.5) is 5.69 Å². The van der Waals surface area contributed by atoms with Gasteiger partial charge in [0.25, 0.3) is 0 Å². The number of aryl methyl sites for hydroxylation is 1. The predicted octanol–water partition coefficient (Wildman–Crippen LogP) is 6.78. The molecule has 1 unspecified atom stereocenters. The number of hydrogen-bond donors (Lipinski definition) is 0. The van der Waals surface area contributed by atoms with Crippen molar-refractivity contribution in [3.05, 3.63) is 87.9 Å². The topological polar surface area (TPSA) is 12.5 Å². The van der Waals surface area contributed by atoms with Crippen molar-refractivity contribution < 1.29 is 4.74 Å². The molecule has 27 heavy (non-hydrogen) atoms. The average Bonchev–Trinajstić information content (AvgIpc) is 2.69. The molecule has 0 aromatic heterocycles. The molecule has 1 aliphatic heterocycles. The van der Waals surface area contributed by atoms with E-state index in [4.69, 9.17) is 16.3 Å². The highest BCUT2D eigenvalue weighted by molar-refractivity contribution is 6.31. The Balaban J connectivity index is 1.90. The first kappa shape index (κ1) is 17.9. The zero-order valence-corrected chi connectivity index (χ0v) is 16.8. The molecule has 0 fully saturated rings. The number of ether oxygens (including phenoxy) is 1. The van der Waals surface area contributed by atoms with E-state index in [0.717, 1.165) is 40.7 Å². The number of fused-ring (bicyclic) bond motifs is 2. The molecule has 0 radical (unpaired) electrons. The molecule has 0 N–H and O–H groups in total. The van der Waals surface area contributed by atoms with Crippen molar-refractivity contribution in [1.29, 1.82) is 0 Å². The van der Waals surface area contributed by atoms with E-state index in [0.29, 0.717) is 0 Å². The van der Waals surface area contributed by atoms with E-state index in [-0.39, 0.29) is 5.92 Å². The summed E-state index contributed by atoms with van der Waals surface area (Å²) in [5, 5.41) is 0.779. The molecule has 1 atom stereocenters. The predicted molar refractivity (Wildman–Crippen MR) is 114 cm³/mol. The fourth-order valence-electron chi connectivity index (χ4n) is 3.91. The second kappa shape index (κ2) is 7.28. The van der Waals surface area contributed by atoms with Crippen molar-refractivity contribution in [2.24, 2.45) is 0 Å². The van der Waals surface area contributed by atoms with Crippen LogP contribution in [0, 0.1) is 6.92 Å². The van der Waals surface area contributed by atoms with Crippen LogP contribution in [-0.2, 0) is 0 Å². The first-order valence-corrected chi connectivity index (χ1v) is 9.91. The van der Waals surface area contributed by atoms with Gasteiger partial charge in [-0.15, -0.1) is 0 Å². The van der Waals surface area contributed by atoms with Gasteiger partial charge in [0, 0.05) is 46.9 Å². The maximum Gasteiger partial charge on any atom is 0.133 e. The summed E-state index contributed by atoms with van der Waals surface area (Å²) in [6, 6.07) is 21.3. The standard InChI is InChI=1S/C24H24ClNO/c1-4-26(5-2)18-11-12-19-23(14-18)27-22-13-16(3)21(25)15-20(22)24(19)17-9-7-6-8-10-17/h6-15,24H,4-5H2,1-3H3. The fourth-order valence-corrected chi connectivity index (χ4v) is 4.08. The van der Waals surface area contributed by atoms with E-state index in [9.17, 15) is 0 Å². The Labute approximate surface area is 166 Å². The lowest BCUT2D eigenvalue weighted by Gasteiger charge is -2.31.